The number of para-hydroxylation sites is 1. The lowest BCUT2D eigenvalue weighted by molar-refractivity contribution is -0.119. The van der Waals surface area contributed by atoms with Crippen molar-refractivity contribution < 1.29 is 9.59 Å². The second-order valence-corrected chi connectivity index (χ2v) is 7.27. The molecule has 1 N–H and O–H groups in total. The van der Waals surface area contributed by atoms with Crippen LogP contribution < -0.4 is 10.2 Å². The second kappa shape index (κ2) is 6.91. The Kier molecular flexibility index (Phi) is 4.87. The molecular formula is C17H18ClN3O2S. The quantitative estimate of drug-likeness (QED) is 0.903. The molecular weight excluding hydrogens is 346 g/mol. The summed E-state index contributed by atoms with van der Waals surface area (Å²) in [6.07, 6.45) is 1.01. The largest absolute Gasteiger partial charge is 0.310 e. The molecule has 0 unspecified atom stereocenters. The average molecular weight is 364 g/mol. The van der Waals surface area contributed by atoms with E-state index in [2.05, 4.69) is 10.3 Å². The van der Waals surface area contributed by atoms with E-state index in [0.29, 0.717) is 22.4 Å². The van der Waals surface area contributed by atoms with Gasteiger partial charge in [-0.1, -0.05) is 37.6 Å². The number of hydrogen-bond acceptors (Lipinski definition) is 4. The minimum Gasteiger partial charge on any atom is -0.310 e. The number of fused-ring (bicyclic) bond motifs is 1. The van der Waals surface area contributed by atoms with E-state index in [9.17, 15) is 9.59 Å². The summed E-state index contributed by atoms with van der Waals surface area (Å²) in [6, 6.07) is 5.70. The van der Waals surface area contributed by atoms with Crippen LogP contribution in [0, 0.1) is 5.92 Å². The maximum atomic E-state index is 12.6. The highest BCUT2D eigenvalue weighted by atomic mass is 35.5. The zero-order valence-electron chi connectivity index (χ0n) is 13.5. The first kappa shape index (κ1) is 16.9. The van der Waals surface area contributed by atoms with Crippen LogP contribution in [-0.2, 0) is 22.4 Å². The molecule has 0 aliphatic carbocycles. The molecule has 0 atom stereocenters. The number of halogens is 1. The van der Waals surface area contributed by atoms with Gasteiger partial charge >= 0.3 is 0 Å². The monoisotopic (exact) mass is 363 g/mol. The number of aromatic nitrogens is 1. The van der Waals surface area contributed by atoms with E-state index < -0.39 is 0 Å². The Bertz CT molecular complexity index is 788. The van der Waals surface area contributed by atoms with Crippen molar-refractivity contribution in [3.8, 4) is 0 Å². The molecule has 0 fully saturated rings. The van der Waals surface area contributed by atoms with E-state index >= 15 is 0 Å². The van der Waals surface area contributed by atoms with Crippen LogP contribution in [-0.4, -0.2) is 23.3 Å². The second-order valence-electron chi connectivity index (χ2n) is 6.01. The fraction of sp³-hybridized carbons (Fsp3) is 0.353. The van der Waals surface area contributed by atoms with Crippen molar-refractivity contribution in [3.05, 3.63) is 39.9 Å². The first-order valence-electron chi connectivity index (χ1n) is 7.78. The van der Waals surface area contributed by atoms with Gasteiger partial charge in [0.25, 0.3) is 0 Å². The minimum atomic E-state index is -0.109. The molecule has 1 aromatic heterocycles. The maximum Gasteiger partial charge on any atom is 0.233 e. The van der Waals surface area contributed by atoms with E-state index in [1.807, 2.05) is 26.0 Å². The van der Waals surface area contributed by atoms with Crippen molar-refractivity contribution >= 4 is 45.6 Å². The lowest BCUT2D eigenvalue weighted by Crippen LogP contribution is -2.30. The van der Waals surface area contributed by atoms with E-state index in [1.54, 1.807) is 16.3 Å². The summed E-state index contributed by atoms with van der Waals surface area (Å²) in [6.45, 7) is 4.28. The number of benzene rings is 1. The van der Waals surface area contributed by atoms with Gasteiger partial charge in [-0.3, -0.25) is 9.59 Å². The highest BCUT2D eigenvalue weighted by molar-refractivity contribution is 7.13. The lowest BCUT2D eigenvalue weighted by atomic mass is 10.2. The standard InChI is InChI=1S/C17H18ClN3O2S/c1-10(2)16(23)20-17-19-12(9-24-17)8-14(22)21-7-6-11-4-3-5-13(18)15(11)21/h3-5,9-10H,6-8H2,1-2H3,(H,19,20,23). The molecule has 0 spiro atoms. The molecule has 1 aliphatic heterocycles. The van der Waals surface area contributed by atoms with Gasteiger partial charge in [-0.2, -0.15) is 0 Å². The molecule has 2 amide bonds. The summed E-state index contributed by atoms with van der Waals surface area (Å²) >= 11 is 7.58. The molecule has 0 saturated heterocycles. The van der Waals surface area contributed by atoms with Gasteiger partial charge in [-0.25, -0.2) is 4.98 Å². The van der Waals surface area contributed by atoms with Gasteiger partial charge in [-0.15, -0.1) is 11.3 Å². The van der Waals surface area contributed by atoms with E-state index in [4.69, 9.17) is 11.6 Å². The topological polar surface area (TPSA) is 62.3 Å². The van der Waals surface area contributed by atoms with Crippen LogP contribution in [0.25, 0.3) is 0 Å². The Hall–Kier alpha value is -1.92. The molecule has 1 aliphatic rings. The van der Waals surface area contributed by atoms with Crippen molar-refractivity contribution in [2.45, 2.75) is 26.7 Å². The number of hydrogen-bond donors (Lipinski definition) is 1. The van der Waals surface area contributed by atoms with Gasteiger partial charge < -0.3 is 10.2 Å². The fourth-order valence-corrected chi connectivity index (χ4v) is 3.61. The third-order valence-corrected chi connectivity index (χ3v) is 5.00. The maximum absolute atomic E-state index is 12.6. The molecule has 2 aromatic rings. The molecule has 24 heavy (non-hydrogen) atoms. The van der Waals surface area contributed by atoms with Gasteiger partial charge in [0.2, 0.25) is 11.8 Å². The van der Waals surface area contributed by atoms with Gasteiger partial charge in [0, 0.05) is 17.8 Å². The predicted octanol–water partition coefficient (Wildman–Crippen LogP) is 3.52. The molecule has 0 radical (unpaired) electrons. The summed E-state index contributed by atoms with van der Waals surface area (Å²) in [5.41, 5.74) is 2.57. The number of carbonyl (C=O) groups excluding carboxylic acids is 2. The van der Waals surface area contributed by atoms with E-state index in [-0.39, 0.29) is 24.2 Å². The van der Waals surface area contributed by atoms with Crippen molar-refractivity contribution in [1.29, 1.82) is 0 Å². The normalized spacial score (nSPS) is 13.2. The Labute approximate surface area is 149 Å². The summed E-state index contributed by atoms with van der Waals surface area (Å²) in [7, 11) is 0. The Morgan fingerprint density at radius 1 is 1.42 bits per heavy atom. The lowest BCUT2D eigenvalue weighted by Gasteiger charge is -2.18. The number of thiazole rings is 1. The summed E-state index contributed by atoms with van der Waals surface area (Å²) < 4.78 is 0. The predicted molar refractivity (Wildman–Crippen MR) is 96.8 cm³/mol. The molecule has 7 heteroatoms. The van der Waals surface area contributed by atoms with E-state index in [0.717, 1.165) is 17.7 Å². The number of rotatable bonds is 4. The smallest absolute Gasteiger partial charge is 0.233 e. The van der Waals surface area contributed by atoms with Gasteiger partial charge in [0.05, 0.1) is 22.8 Å². The van der Waals surface area contributed by atoms with Crippen LogP contribution in [0.2, 0.25) is 5.02 Å². The van der Waals surface area contributed by atoms with Crippen LogP contribution in [0.15, 0.2) is 23.6 Å². The zero-order valence-corrected chi connectivity index (χ0v) is 15.1. The van der Waals surface area contributed by atoms with Gasteiger partial charge in [0.15, 0.2) is 5.13 Å². The van der Waals surface area contributed by atoms with Crippen LogP contribution in [0.3, 0.4) is 0 Å². The third-order valence-electron chi connectivity index (χ3n) is 3.88. The van der Waals surface area contributed by atoms with E-state index in [1.165, 1.54) is 11.3 Å². The molecule has 1 aromatic carbocycles. The summed E-state index contributed by atoms with van der Waals surface area (Å²) in [5.74, 6) is -0.224. The molecule has 3 rings (SSSR count). The van der Waals surface area contributed by atoms with Gasteiger partial charge in [0.1, 0.15) is 0 Å². The molecule has 0 saturated carbocycles. The minimum absolute atomic E-state index is 0.0334. The fourth-order valence-electron chi connectivity index (χ4n) is 2.60. The Morgan fingerprint density at radius 2 is 2.21 bits per heavy atom. The highest BCUT2D eigenvalue weighted by Crippen LogP contribution is 2.35. The van der Waals surface area contributed by atoms with Crippen molar-refractivity contribution in [2.24, 2.45) is 5.92 Å². The number of amides is 2. The number of carbonyl (C=O) groups is 2. The molecule has 2 heterocycles. The molecule has 0 bridgehead atoms. The first-order chi connectivity index (χ1) is 11.5. The van der Waals surface area contributed by atoms with Crippen molar-refractivity contribution in [1.82, 2.24) is 4.98 Å². The molecule has 126 valence electrons. The first-order valence-corrected chi connectivity index (χ1v) is 9.04. The summed E-state index contributed by atoms with van der Waals surface area (Å²) in [4.78, 5) is 30.4. The van der Waals surface area contributed by atoms with Crippen molar-refractivity contribution in [2.75, 3.05) is 16.8 Å². The van der Waals surface area contributed by atoms with Crippen LogP contribution in [0.5, 0.6) is 0 Å². The van der Waals surface area contributed by atoms with Crippen LogP contribution in [0.1, 0.15) is 25.1 Å². The number of anilines is 2. The molecule has 5 nitrogen and oxygen atoms in total. The Morgan fingerprint density at radius 3 is 2.96 bits per heavy atom. The zero-order chi connectivity index (χ0) is 17.3. The van der Waals surface area contributed by atoms with Gasteiger partial charge in [-0.05, 0) is 18.1 Å². The third kappa shape index (κ3) is 3.44. The average Bonchev–Trinajstić information content (AvgIpc) is 3.14. The van der Waals surface area contributed by atoms with Crippen LogP contribution >= 0.6 is 22.9 Å². The number of nitrogens with one attached hydrogen (secondary N) is 1. The van der Waals surface area contributed by atoms with Crippen molar-refractivity contribution in [3.63, 3.8) is 0 Å². The summed E-state index contributed by atoms with van der Waals surface area (Å²) in [5, 5.41) is 5.68. The highest BCUT2D eigenvalue weighted by Gasteiger charge is 2.27. The SMILES string of the molecule is CC(C)C(=O)Nc1nc(CC(=O)N2CCc3cccc(Cl)c32)cs1. The van der Waals surface area contributed by atoms with Crippen LogP contribution in [0.4, 0.5) is 10.8 Å². The Balaban J connectivity index is 1.69. The number of nitrogens with zero attached hydrogens (tertiary/aromatic N) is 2.